The van der Waals surface area contributed by atoms with Crippen molar-refractivity contribution in [2.24, 2.45) is 5.73 Å². The van der Waals surface area contributed by atoms with Gasteiger partial charge in [-0.2, -0.15) is 0 Å². The molecule has 3 N–H and O–H groups in total. The molecule has 0 radical (unpaired) electrons. The molecule has 1 aliphatic carbocycles. The first kappa shape index (κ1) is 11.9. The van der Waals surface area contributed by atoms with E-state index >= 15 is 0 Å². The summed E-state index contributed by atoms with van der Waals surface area (Å²) in [5.74, 6) is -0.468. The molecule has 82 valence electrons. The van der Waals surface area contributed by atoms with Gasteiger partial charge in [0.2, 0.25) is 0 Å². The SMILES string of the molecule is Cl.NC1(c2ncc(C(=O)O)cn2)CCC1. The van der Waals surface area contributed by atoms with Gasteiger partial charge in [0.15, 0.2) is 0 Å². The van der Waals surface area contributed by atoms with Gasteiger partial charge in [-0.15, -0.1) is 12.4 Å². The minimum atomic E-state index is -1.02. The average Bonchev–Trinajstić information content (AvgIpc) is 2.14. The van der Waals surface area contributed by atoms with Gasteiger partial charge in [-0.1, -0.05) is 0 Å². The smallest absolute Gasteiger partial charge is 0.338 e. The second-order valence-electron chi connectivity index (χ2n) is 3.61. The summed E-state index contributed by atoms with van der Waals surface area (Å²) in [4.78, 5) is 18.5. The molecule has 2 rings (SSSR count). The molecule has 1 heterocycles. The predicted molar refractivity (Wildman–Crippen MR) is 56.0 cm³/mol. The second-order valence-corrected chi connectivity index (χ2v) is 3.61. The van der Waals surface area contributed by atoms with Crippen LogP contribution in [-0.2, 0) is 5.54 Å². The average molecular weight is 230 g/mol. The molecule has 15 heavy (non-hydrogen) atoms. The Morgan fingerprint density at radius 2 is 1.93 bits per heavy atom. The molecular formula is C9H12ClN3O2. The zero-order chi connectivity index (χ0) is 10.2. The van der Waals surface area contributed by atoms with Gasteiger partial charge in [-0.3, -0.25) is 0 Å². The maximum Gasteiger partial charge on any atom is 0.338 e. The third-order valence-corrected chi connectivity index (χ3v) is 2.59. The maximum atomic E-state index is 10.5. The monoisotopic (exact) mass is 229 g/mol. The quantitative estimate of drug-likeness (QED) is 0.788. The number of carboxylic acid groups (broad SMARTS) is 1. The molecule has 0 atom stereocenters. The first-order chi connectivity index (χ1) is 6.62. The summed E-state index contributed by atoms with van der Waals surface area (Å²) in [6, 6.07) is 0. The highest BCUT2D eigenvalue weighted by molar-refractivity contribution is 5.86. The summed E-state index contributed by atoms with van der Waals surface area (Å²) < 4.78 is 0. The van der Waals surface area contributed by atoms with Gasteiger partial charge < -0.3 is 10.8 Å². The van der Waals surface area contributed by atoms with Crippen LogP contribution in [0.1, 0.15) is 35.4 Å². The zero-order valence-electron chi connectivity index (χ0n) is 8.01. The summed E-state index contributed by atoms with van der Waals surface area (Å²) in [5, 5.41) is 8.64. The first-order valence-corrected chi connectivity index (χ1v) is 4.46. The van der Waals surface area contributed by atoms with Crippen molar-refractivity contribution in [1.29, 1.82) is 0 Å². The highest BCUT2D eigenvalue weighted by Gasteiger charge is 2.37. The predicted octanol–water partition coefficient (Wildman–Crippen LogP) is 0.935. The fourth-order valence-corrected chi connectivity index (χ4v) is 1.48. The molecule has 1 aromatic rings. The van der Waals surface area contributed by atoms with Crippen LogP contribution in [0.5, 0.6) is 0 Å². The topological polar surface area (TPSA) is 89.1 Å². The molecule has 6 heteroatoms. The number of nitrogens with zero attached hydrogens (tertiary/aromatic N) is 2. The van der Waals surface area contributed by atoms with Gasteiger partial charge in [0.25, 0.3) is 0 Å². The second kappa shape index (κ2) is 4.12. The van der Waals surface area contributed by atoms with Crippen LogP contribution >= 0.6 is 12.4 Å². The number of aromatic carboxylic acids is 1. The van der Waals surface area contributed by atoms with Crippen LogP contribution in [0.25, 0.3) is 0 Å². The van der Waals surface area contributed by atoms with E-state index in [9.17, 15) is 4.79 Å². The van der Waals surface area contributed by atoms with E-state index < -0.39 is 11.5 Å². The lowest BCUT2D eigenvalue weighted by Gasteiger charge is -2.36. The van der Waals surface area contributed by atoms with Gasteiger partial charge in [-0.05, 0) is 19.3 Å². The lowest BCUT2D eigenvalue weighted by Crippen LogP contribution is -2.44. The van der Waals surface area contributed by atoms with Crippen molar-refractivity contribution in [3.63, 3.8) is 0 Å². The van der Waals surface area contributed by atoms with Crippen molar-refractivity contribution >= 4 is 18.4 Å². The van der Waals surface area contributed by atoms with Gasteiger partial charge in [0.1, 0.15) is 5.82 Å². The Bertz CT molecular complexity index is 362. The minimum absolute atomic E-state index is 0. The highest BCUT2D eigenvalue weighted by Crippen LogP contribution is 2.36. The van der Waals surface area contributed by atoms with Crippen molar-refractivity contribution in [2.75, 3.05) is 0 Å². The maximum absolute atomic E-state index is 10.5. The molecule has 0 aliphatic heterocycles. The summed E-state index contributed by atoms with van der Waals surface area (Å²) >= 11 is 0. The van der Waals surface area contributed by atoms with Crippen LogP contribution in [0, 0.1) is 0 Å². The summed E-state index contributed by atoms with van der Waals surface area (Å²) in [5.41, 5.74) is 5.65. The summed E-state index contributed by atoms with van der Waals surface area (Å²) in [7, 11) is 0. The zero-order valence-corrected chi connectivity index (χ0v) is 8.83. The molecule has 1 saturated carbocycles. The molecular weight excluding hydrogens is 218 g/mol. The Kier molecular flexibility index (Phi) is 3.26. The Labute approximate surface area is 93.1 Å². The lowest BCUT2D eigenvalue weighted by molar-refractivity contribution is 0.0695. The Balaban J connectivity index is 0.00000112. The van der Waals surface area contributed by atoms with E-state index in [1.54, 1.807) is 0 Å². The first-order valence-electron chi connectivity index (χ1n) is 4.46. The Hall–Kier alpha value is -1.20. The highest BCUT2D eigenvalue weighted by atomic mass is 35.5. The lowest BCUT2D eigenvalue weighted by atomic mass is 9.77. The van der Waals surface area contributed by atoms with Crippen molar-refractivity contribution in [3.8, 4) is 0 Å². The van der Waals surface area contributed by atoms with Crippen LogP contribution in [0.2, 0.25) is 0 Å². The molecule has 1 aliphatic rings. The van der Waals surface area contributed by atoms with E-state index in [0.29, 0.717) is 5.82 Å². The van der Waals surface area contributed by atoms with E-state index in [-0.39, 0.29) is 18.0 Å². The van der Waals surface area contributed by atoms with Crippen molar-refractivity contribution < 1.29 is 9.90 Å². The number of aromatic nitrogens is 2. The van der Waals surface area contributed by atoms with Crippen LogP contribution in [0.4, 0.5) is 0 Å². The summed E-state index contributed by atoms with van der Waals surface area (Å²) in [6.07, 6.45) is 5.44. The minimum Gasteiger partial charge on any atom is -0.478 e. The van der Waals surface area contributed by atoms with Crippen LogP contribution in [0.15, 0.2) is 12.4 Å². The van der Waals surface area contributed by atoms with E-state index in [2.05, 4.69) is 9.97 Å². The van der Waals surface area contributed by atoms with Crippen molar-refractivity contribution in [2.45, 2.75) is 24.8 Å². The molecule has 0 spiro atoms. The normalized spacial score (nSPS) is 17.4. The molecule has 1 aromatic heterocycles. The molecule has 0 unspecified atom stereocenters. The standard InChI is InChI=1S/C9H11N3O2.ClH/c10-9(2-1-3-9)8-11-4-6(5-12-8)7(13)14;/h4-5H,1-3,10H2,(H,13,14);1H. The Morgan fingerprint density at radius 1 is 1.40 bits per heavy atom. The van der Waals surface area contributed by atoms with Crippen LogP contribution < -0.4 is 5.73 Å². The third kappa shape index (κ3) is 2.08. The van der Waals surface area contributed by atoms with Gasteiger partial charge in [-0.25, -0.2) is 14.8 Å². The van der Waals surface area contributed by atoms with E-state index in [4.69, 9.17) is 10.8 Å². The van der Waals surface area contributed by atoms with Crippen molar-refractivity contribution in [3.05, 3.63) is 23.8 Å². The number of hydrogen-bond donors (Lipinski definition) is 2. The molecule has 0 saturated heterocycles. The van der Waals surface area contributed by atoms with Crippen molar-refractivity contribution in [1.82, 2.24) is 9.97 Å². The molecule has 0 aromatic carbocycles. The molecule has 5 nitrogen and oxygen atoms in total. The number of carboxylic acids is 1. The van der Waals surface area contributed by atoms with Gasteiger partial charge >= 0.3 is 5.97 Å². The van der Waals surface area contributed by atoms with E-state index in [1.807, 2.05) is 0 Å². The fraction of sp³-hybridized carbons (Fsp3) is 0.444. The summed E-state index contributed by atoms with van der Waals surface area (Å²) in [6.45, 7) is 0. The number of halogens is 1. The third-order valence-electron chi connectivity index (χ3n) is 2.59. The molecule has 0 amide bonds. The number of nitrogens with two attached hydrogens (primary N) is 1. The number of rotatable bonds is 2. The van der Waals surface area contributed by atoms with E-state index in [0.717, 1.165) is 19.3 Å². The van der Waals surface area contributed by atoms with Crippen LogP contribution in [-0.4, -0.2) is 21.0 Å². The molecule has 1 fully saturated rings. The fourth-order valence-electron chi connectivity index (χ4n) is 1.48. The Morgan fingerprint density at radius 3 is 2.27 bits per heavy atom. The van der Waals surface area contributed by atoms with Gasteiger partial charge in [0.05, 0.1) is 11.1 Å². The number of carbonyl (C=O) groups is 1. The van der Waals surface area contributed by atoms with Gasteiger partial charge in [0, 0.05) is 12.4 Å². The molecule has 0 bridgehead atoms. The largest absolute Gasteiger partial charge is 0.478 e. The van der Waals surface area contributed by atoms with Crippen LogP contribution in [0.3, 0.4) is 0 Å². The van der Waals surface area contributed by atoms with E-state index in [1.165, 1.54) is 12.4 Å². The number of hydrogen-bond acceptors (Lipinski definition) is 4.